The Morgan fingerprint density at radius 1 is 1.41 bits per heavy atom. The third-order valence-electron chi connectivity index (χ3n) is 3.78. The number of fused-ring (bicyclic) bond motifs is 3. The number of benzene rings is 1. The van der Waals surface area contributed by atoms with Crippen molar-refractivity contribution in [1.82, 2.24) is 4.90 Å². The van der Waals surface area contributed by atoms with Crippen LogP contribution < -0.4 is 0 Å². The van der Waals surface area contributed by atoms with Crippen LogP contribution in [-0.4, -0.2) is 24.0 Å². The smallest absolute Gasteiger partial charge is 0.256 e. The minimum atomic E-state index is -0.455. The van der Waals surface area contributed by atoms with Crippen molar-refractivity contribution in [3.8, 4) is 0 Å². The summed E-state index contributed by atoms with van der Waals surface area (Å²) in [5.41, 5.74) is 1.43. The minimum Gasteiger partial charge on any atom is -0.349 e. The Hall–Kier alpha value is -1.35. The molecule has 2 heterocycles. The average Bonchev–Trinajstić information content (AvgIpc) is 2.88. The van der Waals surface area contributed by atoms with Crippen molar-refractivity contribution in [3.05, 3.63) is 35.4 Å². The van der Waals surface area contributed by atoms with Crippen LogP contribution >= 0.6 is 0 Å². The van der Waals surface area contributed by atoms with E-state index in [9.17, 15) is 4.79 Å². The van der Waals surface area contributed by atoms with E-state index in [2.05, 4.69) is 6.92 Å². The van der Waals surface area contributed by atoms with Crippen LogP contribution in [-0.2, 0) is 10.5 Å². The van der Waals surface area contributed by atoms with Crippen LogP contribution in [0.2, 0.25) is 0 Å². The summed E-state index contributed by atoms with van der Waals surface area (Å²) in [5.74, 6) is 0.134. The molecule has 1 aromatic rings. The number of unbranched alkanes of at least 4 members (excludes halogenated alkanes) is 1. The maximum atomic E-state index is 12.3. The third kappa shape index (κ3) is 1.35. The molecule has 1 atom stereocenters. The molecule has 1 amide bonds. The van der Waals surface area contributed by atoms with E-state index in [0.29, 0.717) is 6.61 Å². The summed E-state index contributed by atoms with van der Waals surface area (Å²) in [6, 6.07) is 7.86. The second-order valence-corrected chi connectivity index (χ2v) is 4.74. The molecule has 1 saturated heterocycles. The Labute approximate surface area is 101 Å². The van der Waals surface area contributed by atoms with E-state index in [1.165, 1.54) is 0 Å². The molecular weight excluding hydrogens is 214 g/mol. The van der Waals surface area contributed by atoms with Gasteiger partial charge in [-0.2, -0.15) is 0 Å². The summed E-state index contributed by atoms with van der Waals surface area (Å²) in [5, 5.41) is 0. The van der Waals surface area contributed by atoms with Crippen LogP contribution in [0.4, 0.5) is 0 Å². The van der Waals surface area contributed by atoms with E-state index >= 15 is 0 Å². The zero-order valence-electron chi connectivity index (χ0n) is 10.1. The second-order valence-electron chi connectivity index (χ2n) is 4.74. The first-order chi connectivity index (χ1) is 8.29. The van der Waals surface area contributed by atoms with E-state index in [0.717, 1.165) is 36.9 Å². The van der Waals surface area contributed by atoms with Crippen LogP contribution in [0.5, 0.6) is 0 Å². The lowest BCUT2D eigenvalue weighted by molar-refractivity contribution is -0.0728. The van der Waals surface area contributed by atoms with Crippen molar-refractivity contribution in [2.24, 2.45) is 0 Å². The van der Waals surface area contributed by atoms with Gasteiger partial charge in [0, 0.05) is 17.7 Å². The van der Waals surface area contributed by atoms with E-state index in [1.54, 1.807) is 0 Å². The number of ether oxygens (including phenoxy) is 1. The predicted molar refractivity (Wildman–Crippen MR) is 64.6 cm³/mol. The zero-order valence-corrected chi connectivity index (χ0v) is 10.1. The lowest BCUT2D eigenvalue weighted by Crippen LogP contribution is -2.39. The number of nitrogens with zero attached hydrogens (tertiary/aromatic N) is 1. The Bertz CT molecular complexity index is 457. The number of rotatable bonds is 3. The van der Waals surface area contributed by atoms with Crippen molar-refractivity contribution >= 4 is 5.91 Å². The highest BCUT2D eigenvalue weighted by molar-refractivity contribution is 5.99. The quantitative estimate of drug-likeness (QED) is 0.800. The van der Waals surface area contributed by atoms with E-state index in [-0.39, 0.29) is 5.91 Å². The molecule has 3 heteroatoms. The molecule has 2 aliphatic rings. The Morgan fingerprint density at radius 2 is 2.24 bits per heavy atom. The molecule has 0 bridgehead atoms. The van der Waals surface area contributed by atoms with Gasteiger partial charge in [-0.1, -0.05) is 31.5 Å². The summed E-state index contributed by atoms with van der Waals surface area (Å²) in [4.78, 5) is 14.2. The molecular formula is C14H17NO2. The predicted octanol–water partition coefficient (Wildman–Crippen LogP) is 2.52. The third-order valence-corrected chi connectivity index (χ3v) is 3.78. The normalized spacial score (nSPS) is 26.2. The van der Waals surface area contributed by atoms with E-state index < -0.39 is 5.72 Å². The lowest BCUT2D eigenvalue weighted by atomic mass is 9.96. The average molecular weight is 231 g/mol. The van der Waals surface area contributed by atoms with E-state index in [1.807, 2.05) is 29.2 Å². The molecule has 0 radical (unpaired) electrons. The molecule has 0 aliphatic carbocycles. The van der Waals surface area contributed by atoms with Gasteiger partial charge < -0.3 is 9.64 Å². The van der Waals surface area contributed by atoms with Crippen LogP contribution in [0, 0.1) is 0 Å². The van der Waals surface area contributed by atoms with Gasteiger partial charge in [0.1, 0.15) is 0 Å². The molecule has 90 valence electrons. The molecule has 0 saturated carbocycles. The largest absolute Gasteiger partial charge is 0.349 e. The van der Waals surface area contributed by atoms with Gasteiger partial charge >= 0.3 is 0 Å². The van der Waals surface area contributed by atoms with Crippen LogP contribution in [0.25, 0.3) is 0 Å². The standard InChI is InChI=1S/C14H17NO2/c1-2-3-8-14-12-7-5-4-6-11(12)13(16)15(14)9-10-17-14/h4-7H,2-3,8-10H2,1H3. The molecule has 1 aromatic carbocycles. The van der Waals surface area contributed by atoms with Gasteiger partial charge in [0.15, 0.2) is 5.72 Å². The monoisotopic (exact) mass is 231 g/mol. The summed E-state index contributed by atoms with van der Waals surface area (Å²) < 4.78 is 5.97. The fraction of sp³-hybridized carbons (Fsp3) is 0.500. The van der Waals surface area contributed by atoms with Crippen molar-refractivity contribution < 1.29 is 9.53 Å². The highest BCUT2D eigenvalue weighted by Crippen LogP contribution is 2.46. The maximum Gasteiger partial charge on any atom is 0.256 e. The molecule has 17 heavy (non-hydrogen) atoms. The van der Waals surface area contributed by atoms with Gasteiger partial charge in [-0.3, -0.25) is 4.79 Å². The van der Waals surface area contributed by atoms with Crippen LogP contribution in [0.3, 0.4) is 0 Å². The van der Waals surface area contributed by atoms with Gasteiger partial charge in [0.05, 0.1) is 6.61 Å². The number of hydrogen-bond donors (Lipinski definition) is 0. The molecule has 1 fully saturated rings. The van der Waals surface area contributed by atoms with Crippen LogP contribution in [0.1, 0.15) is 42.1 Å². The summed E-state index contributed by atoms with van der Waals surface area (Å²) in [6.07, 6.45) is 3.11. The molecule has 0 aromatic heterocycles. The minimum absolute atomic E-state index is 0.134. The van der Waals surface area contributed by atoms with E-state index in [4.69, 9.17) is 4.74 Å². The topological polar surface area (TPSA) is 29.5 Å². The summed E-state index contributed by atoms with van der Waals surface area (Å²) >= 11 is 0. The second kappa shape index (κ2) is 3.84. The highest BCUT2D eigenvalue weighted by atomic mass is 16.5. The summed E-state index contributed by atoms with van der Waals surface area (Å²) in [7, 11) is 0. The van der Waals surface area contributed by atoms with Crippen molar-refractivity contribution in [2.45, 2.75) is 31.9 Å². The fourth-order valence-corrected chi connectivity index (χ4v) is 2.97. The van der Waals surface area contributed by atoms with Crippen molar-refractivity contribution in [3.63, 3.8) is 0 Å². The SMILES string of the molecule is CCCCC12OCCN1C(=O)c1ccccc12. The van der Waals surface area contributed by atoms with Gasteiger partial charge in [0.2, 0.25) is 0 Å². The van der Waals surface area contributed by atoms with Gasteiger partial charge in [-0.05, 0) is 18.9 Å². The van der Waals surface area contributed by atoms with Crippen molar-refractivity contribution in [2.75, 3.05) is 13.2 Å². The van der Waals surface area contributed by atoms with Gasteiger partial charge in [-0.25, -0.2) is 0 Å². The maximum absolute atomic E-state index is 12.3. The lowest BCUT2D eigenvalue weighted by Gasteiger charge is -2.31. The first-order valence-corrected chi connectivity index (χ1v) is 6.35. The molecule has 3 nitrogen and oxygen atoms in total. The number of carbonyl (C=O) groups is 1. The molecule has 0 N–H and O–H groups in total. The molecule has 3 rings (SSSR count). The zero-order chi connectivity index (χ0) is 11.9. The number of carbonyl (C=O) groups excluding carboxylic acids is 1. The molecule has 0 spiro atoms. The van der Waals surface area contributed by atoms with Gasteiger partial charge in [-0.15, -0.1) is 0 Å². The first kappa shape index (κ1) is 10.8. The Kier molecular flexibility index (Phi) is 2.44. The Morgan fingerprint density at radius 3 is 3.06 bits per heavy atom. The van der Waals surface area contributed by atoms with Crippen LogP contribution in [0.15, 0.2) is 24.3 Å². The molecule has 1 unspecified atom stereocenters. The number of amides is 1. The van der Waals surface area contributed by atoms with Crippen molar-refractivity contribution in [1.29, 1.82) is 0 Å². The Balaban J connectivity index is 2.08. The fourth-order valence-electron chi connectivity index (χ4n) is 2.97. The first-order valence-electron chi connectivity index (χ1n) is 6.35. The number of hydrogen-bond acceptors (Lipinski definition) is 2. The van der Waals surface area contributed by atoms with Gasteiger partial charge in [0.25, 0.3) is 5.91 Å². The summed E-state index contributed by atoms with van der Waals surface area (Å²) in [6.45, 7) is 3.54. The molecule has 2 aliphatic heterocycles. The highest BCUT2D eigenvalue weighted by Gasteiger charge is 2.52.